The summed E-state index contributed by atoms with van der Waals surface area (Å²) in [7, 11) is 0. The third-order valence-electron chi connectivity index (χ3n) is 5.55. The van der Waals surface area contributed by atoms with E-state index in [4.69, 9.17) is 5.26 Å². The van der Waals surface area contributed by atoms with E-state index < -0.39 is 0 Å². The topological polar surface area (TPSA) is 61.2 Å². The molecule has 1 aliphatic rings. The van der Waals surface area contributed by atoms with Gasteiger partial charge >= 0.3 is 0 Å². The monoisotopic (exact) mass is 406 g/mol. The summed E-state index contributed by atoms with van der Waals surface area (Å²) in [6, 6.07) is 26.2. The molecule has 152 valence electrons. The molecule has 0 saturated carbocycles. The first-order valence-corrected chi connectivity index (χ1v) is 10.2. The second kappa shape index (κ2) is 8.81. The summed E-state index contributed by atoms with van der Waals surface area (Å²) in [5, 5.41) is 9.16. The minimum Gasteiger partial charge on any atom is -0.274 e. The first-order valence-electron chi connectivity index (χ1n) is 10.2. The number of likely N-dealkylation sites (tertiary alicyclic amines) is 1. The van der Waals surface area contributed by atoms with Crippen LogP contribution in [0.3, 0.4) is 0 Å². The van der Waals surface area contributed by atoms with E-state index in [1.165, 1.54) is 4.90 Å². The highest BCUT2D eigenvalue weighted by Gasteiger charge is 2.49. The van der Waals surface area contributed by atoms with Gasteiger partial charge in [-0.15, -0.1) is 0 Å². The average molecular weight is 406 g/mol. The lowest BCUT2D eigenvalue weighted by Crippen LogP contribution is -2.62. The first kappa shape index (κ1) is 20.3. The summed E-state index contributed by atoms with van der Waals surface area (Å²) in [4.78, 5) is 27.5. The standard InChI is InChI=1S/C27H22N2O2/c1-19-7-5-12-23(15-19)26(30)29-25(14-13-20-8-3-2-4-9-20)24(27(29)31)17-21-10-6-11-22(16-21)18-28/h2-16,24-25H,17H2,1H3/b14-13+/t24-,25-/m1/s1. The lowest BCUT2D eigenvalue weighted by atomic mass is 9.81. The van der Waals surface area contributed by atoms with E-state index in [0.29, 0.717) is 17.5 Å². The number of amides is 2. The molecule has 4 rings (SSSR count). The van der Waals surface area contributed by atoms with Crippen molar-refractivity contribution in [2.45, 2.75) is 19.4 Å². The van der Waals surface area contributed by atoms with Gasteiger partial charge < -0.3 is 0 Å². The van der Waals surface area contributed by atoms with Crippen LogP contribution in [0.15, 0.2) is 84.9 Å². The molecule has 4 heteroatoms. The van der Waals surface area contributed by atoms with Crippen molar-refractivity contribution >= 4 is 17.9 Å². The molecule has 2 amide bonds. The van der Waals surface area contributed by atoms with Crippen LogP contribution >= 0.6 is 0 Å². The molecule has 1 heterocycles. The van der Waals surface area contributed by atoms with Crippen molar-refractivity contribution in [2.24, 2.45) is 5.92 Å². The fourth-order valence-corrected chi connectivity index (χ4v) is 3.95. The molecule has 4 nitrogen and oxygen atoms in total. The number of β-lactam (4-membered cyclic amide) rings is 1. The predicted molar refractivity (Wildman–Crippen MR) is 120 cm³/mol. The van der Waals surface area contributed by atoms with Gasteiger partial charge in [-0.05, 0) is 48.7 Å². The highest BCUT2D eigenvalue weighted by atomic mass is 16.2. The summed E-state index contributed by atoms with van der Waals surface area (Å²) >= 11 is 0. The van der Waals surface area contributed by atoms with Crippen LogP contribution in [0.25, 0.3) is 6.08 Å². The van der Waals surface area contributed by atoms with Gasteiger partial charge in [0.1, 0.15) is 0 Å². The summed E-state index contributed by atoms with van der Waals surface area (Å²) in [6.45, 7) is 1.92. The third-order valence-corrected chi connectivity index (χ3v) is 5.55. The van der Waals surface area contributed by atoms with Gasteiger partial charge in [-0.25, -0.2) is 0 Å². The maximum Gasteiger partial charge on any atom is 0.261 e. The number of carbonyl (C=O) groups is 2. The Morgan fingerprint density at radius 1 is 1.03 bits per heavy atom. The number of hydrogen-bond acceptors (Lipinski definition) is 3. The van der Waals surface area contributed by atoms with Crippen LogP contribution in [-0.4, -0.2) is 22.8 Å². The van der Waals surface area contributed by atoms with E-state index in [0.717, 1.165) is 16.7 Å². The molecular formula is C27H22N2O2. The van der Waals surface area contributed by atoms with Crippen molar-refractivity contribution in [2.75, 3.05) is 0 Å². The smallest absolute Gasteiger partial charge is 0.261 e. The van der Waals surface area contributed by atoms with Crippen LogP contribution in [0, 0.1) is 24.2 Å². The van der Waals surface area contributed by atoms with E-state index in [1.807, 2.05) is 73.7 Å². The lowest BCUT2D eigenvalue weighted by Gasteiger charge is -2.44. The summed E-state index contributed by atoms with van der Waals surface area (Å²) in [6.07, 6.45) is 4.37. The number of carbonyl (C=O) groups excluding carboxylic acids is 2. The van der Waals surface area contributed by atoms with E-state index >= 15 is 0 Å². The van der Waals surface area contributed by atoms with Gasteiger partial charge in [0.25, 0.3) is 5.91 Å². The maximum absolute atomic E-state index is 13.1. The van der Waals surface area contributed by atoms with Crippen LogP contribution in [0.1, 0.15) is 32.6 Å². The van der Waals surface area contributed by atoms with Crippen molar-refractivity contribution in [3.63, 3.8) is 0 Å². The van der Waals surface area contributed by atoms with E-state index in [-0.39, 0.29) is 23.8 Å². The molecule has 0 N–H and O–H groups in total. The molecule has 1 fully saturated rings. The van der Waals surface area contributed by atoms with Crippen LogP contribution in [0.5, 0.6) is 0 Å². The Morgan fingerprint density at radius 2 is 1.81 bits per heavy atom. The van der Waals surface area contributed by atoms with Crippen molar-refractivity contribution in [3.8, 4) is 6.07 Å². The number of imide groups is 1. The van der Waals surface area contributed by atoms with Crippen LogP contribution in [-0.2, 0) is 11.2 Å². The Balaban J connectivity index is 1.63. The van der Waals surface area contributed by atoms with Gasteiger partial charge in [-0.3, -0.25) is 14.5 Å². The number of benzene rings is 3. The predicted octanol–water partition coefficient (Wildman–Crippen LogP) is 4.79. The highest BCUT2D eigenvalue weighted by molar-refractivity contribution is 6.09. The largest absolute Gasteiger partial charge is 0.274 e. The second-order valence-electron chi connectivity index (χ2n) is 7.77. The molecule has 0 spiro atoms. The van der Waals surface area contributed by atoms with Crippen LogP contribution < -0.4 is 0 Å². The lowest BCUT2D eigenvalue weighted by molar-refractivity contribution is -0.147. The van der Waals surface area contributed by atoms with Crippen molar-refractivity contribution in [1.82, 2.24) is 4.90 Å². The number of nitrogens with zero attached hydrogens (tertiary/aromatic N) is 2. The van der Waals surface area contributed by atoms with Gasteiger partial charge in [-0.2, -0.15) is 5.26 Å². The molecule has 0 unspecified atom stereocenters. The summed E-state index contributed by atoms with van der Waals surface area (Å²) in [5.74, 6) is -0.808. The van der Waals surface area contributed by atoms with Gasteiger partial charge in [0.05, 0.1) is 23.6 Å². The minimum absolute atomic E-state index is 0.184. The van der Waals surface area contributed by atoms with E-state index in [2.05, 4.69) is 6.07 Å². The van der Waals surface area contributed by atoms with Crippen molar-refractivity contribution < 1.29 is 9.59 Å². The average Bonchev–Trinajstić information content (AvgIpc) is 2.80. The molecule has 3 aromatic carbocycles. The van der Waals surface area contributed by atoms with Gasteiger partial charge in [0, 0.05) is 5.56 Å². The Kier molecular flexibility index (Phi) is 5.77. The Hall–Kier alpha value is -3.97. The van der Waals surface area contributed by atoms with Gasteiger partial charge in [0.2, 0.25) is 5.91 Å². The van der Waals surface area contributed by atoms with Crippen molar-refractivity contribution in [1.29, 1.82) is 5.26 Å². The zero-order chi connectivity index (χ0) is 21.8. The molecule has 0 aliphatic carbocycles. The van der Waals surface area contributed by atoms with Crippen LogP contribution in [0.4, 0.5) is 0 Å². The van der Waals surface area contributed by atoms with Gasteiger partial charge in [-0.1, -0.05) is 72.3 Å². The van der Waals surface area contributed by atoms with E-state index in [1.54, 1.807) is 24.3 Å². The van der Waals surface area contributed by atoms with Crippen LogP contribution in [0.2, 0.25) is 0 Å². The quantitative estimate of drug-likeness (QED) is 0.452. The fourth-order valence-electron chi connectivity index (χ4n) is 3.95. The maximum atomic E-state index is 13.1. The zero-order valence-corrected chi connectivity index (χ0v) is 17.2. The molecule has 1 aliphatic heterocycles. The highest BCUT2D eigenvalue weighted by Crippen LogP contribution is 2.33. The summed E-state index contributed by atoms with van der Waals surface area (Å²) in [5.41, 5.74) is 3.97. The zero-order valence-electron chi connectivity index (χ0n) is 17.2. The summed E-state index contributed by atoms with van der Waals surface area (Å²) < 4.78 is 0. The normalized spacial score (nSPS) is 17.9. The second-order valence-corrected chi connectivity index (χ2v) is 7.77. The van der Waals surface area contributed by atoms with Crippen molar-refractivity contribution in [3.05, 3.63) is 113 Å². The molecule has 0 aromatic heterocycles. The number of nitriles is 1. The molecule has 0 bridgehead atoms. The molecule has 3 aromatic rings. The molecule has 2 atom stereocenters. The first-order chi connectivity index (χ1) is 15.1. The fraction of sp³-hybridized carbons (Fsp3) is 0.148. The SMILES string of the molecule is Cc1cccc(C(=O)N2C(=O)[C@H](Cc3cccc(C#N)c3)[C@H]2/C=C/c2ccccc2)c1. The number of hydrogen-bond donors (Lipinski definition) is 0. The number of aryl methyl sites for hydroxylation is 1. The minimum atomic E-state index is -0.345. The molecular weight excluding hydrogens is 384 g/mol. The Bertz CT molecular complexity index is 1190. The number of rotatable bonds is 5. The Morgan fingerprint density at radius 3 is 2.55 bits per heavy atom. The Labute approximate surface area is 182 Å². The molecule has 0 radical (unpaired) electrons. The third kappa shape index (κ3) is 4.31. The van der Waals surface area contributed by atoms with E-state index in [9.17, 15) is 9.59 Å². The molecule has 1 saturated heterocycles. The molecule has 31 heavy (non-hydrogen) atoms. The van der Waals surface area contributed by atoms with Gasteiger partial charge in [0.15, 0.2) is 0 Å².